The van der Waals surface area contributed by atoms with Crippen molar-refractivity contribution in [1.29, 1.82) is 0 Å². The maximum Gasteiger partial charge on any atom is 0.410 e. The van der Waals surface area contributed by atoms with Crippen LogP contribution in [0.25, 0.3) is 0 Å². The van der Waals surface area contributed by atoms with E-state index in [4.69, 9.17) is 4.74 Å². The summed E-state index contributed by atoms with van der Waals surface area (Å²) in [6, 6.07) is 16.3. The lowest BCUT2D eigenvalue weighted by atomic mass is 9.89. The quantitative estimate of drug-likeness (QED) is 0.620. The van der Waals surface area contributed by atoms with Gasteiger partial charge in [0.15, 0.2) is 0 Å². The van der Waals surface area contributed by atoms with Crippen LogP contribution in [0.2, 0.25) is 0 Å². The molecule has 0 aromatic heterocycles. The highest BCUT2D eigenvalue weighted by Crippen LogP contribution is 2.29. The molecule has 0 spiro atoms. The van der Waals surface area contributed by atoms with E-state index in [-0.39, 0.29) is 18.4 Å². The van der Waals surface area contributed by atoms with Crippen LogP contribution < -0.4 is 0 Å². The van der Waals surface area contributed by atoms with Crippen molar-refractivity contribution >= 4 is 11.8 Å². The molecule has 0 aliphatic carbocycles. The van der Waals surface area contributed by atoms with Crippen LogP contribution >= 0.6 is 0 Å². The highest BCUT2D eigenvalue weighted by molar-refractivity contribution is 5.67. The third kappa shape index (κ3) is 4.35. The molecule has 1 aliphatic heterocycles. The van der Waals surface area contributed by atoms with E-state index in [1.54, 1.807) is 4.90 Å². The van der Waals surface area contributed by atoms with Gasteiger partial charge >= 0.3 is 6.09 Å². The van der Waals surface area contributed by atoms with Crippen LogP contribution in [0.1, 0.15) is 29.9 Å². The third-order valence-electron chi connectivity index (χ3n) is 4.53. The van der Waals surface area contributed by atoms with Crippen molar-refractivity contribution in [2.75, 3.05) is 13.1 Å². The van der Waals surface area contributed by atoms with E-state index >= 15 is 0 Å². The first-order valence-electron chi connectivity index (χ1n) is 8.33. The predicted molar refractivity (Wildman–Crippen MR) is 93.3 cm³/mol. The molecule has 1 aliphatic rings. The molecule has 3 rings (SSSR count). The Morgan fingerprint density at radius 2 is 1.72 bits per heavy atom. The number of benzene rings is 2. The van der Waals surface area contributed by atoms with Crippen molar-refractivity contribution in [3.63, 3.8) is 0 Å². The van der Waals surface area contributed by atoms with Gasteiger partial charge in [-0.15, -0.1) is 0 Å². The Morgan fingerprint density at radius 3 is 2.32 bits per heavy atom. The number of likely N-dealkylation sites (tertiary alicyclic amines) is 1. The number of carbonyl (C=O) groups is 1. The predicted octanol–water partition coefficient (Wildman–Crippen LogP) is 4.11. The number of rotatable bonds is 4. The van der Waals surface area contributed by atoms with Crippen LogP contribution in [-0.2, 0) is 11.3 Å². The lowest BCUT2D eigenvalue weighted by molar-refractivity contribution is -0.384. The van der Waals surface area contributed by atoms with Crippen LogP contribution in [0.4, 0.5) is 10.5 Å². The van der Waals surface area contributed by atoms with E-state index in [9.17, 15) is 14.9 Å². The summed E-state index contributed by atoms with van der Waals surface area (Å²) in [5.74, 6) is 0.318. The van der Waals surface area contributed by atoms with E-state index in [1.165, 1.54) is 12.1 Å². The minimum Gasteiger partial charge on any atom is -0.445 e. The minimum atomic E-state index is -0.394. The Morgan fingerprint density at radius 1 is 1.08 bits per heavy atom. The van der Waals surface area contributed by atoms with Crippen LogP contribution in [0.5, 0.6) is 0 Å². The maximum atomic E-state index is 12.2. The zero-order valence-electron chi connectivity index (χ0n) is 13.8. The number of nitrogens with zero attached hydrogens (tertiary/aromatic N) is 2. The van der Waals surface area contributed by atoms with Crippen molar-refractivity contribution in [3.05, 3.63) is 75.8 Å². The first-order valence-corrected chi connectivity index (χ1v) is 8.33. The Labute approximate surface area is 146 Å². The summed E-state index contributed by atoms with van der Waals surface area (Å²) in [4.78, 5) is 24.2. The van der Waals surface area contributed by atoms with Gasteiger partial charge in [-0.05, 0) is 29.9 Å². The molecule has 130 valence electrons. The van der Waals surface area contributed by atoms with E-state index in [0.29, 0.717) is 19.0 Å². The van der Waals surface area contributed by atoms with Gasteiger partial charge in [-0.1, -0.05) is 42.5 Å². The number of nitro benzene ring substituents is 1. The summed E-state index contributed by atoms with van der Waals surface area (Å²) < 4.78 is 5.36. The minimum absolute atomic E-state index is 0.102. The lowest BCUT2D eigenvalue weighted by Gasteiger charge is -2.31. The summed E-state index contributed by atoms with van der Waals surface area (Å²) in [7, 11) is 0. The number of piperidine rings is 1. The smallest absolute Gasteiger partial charge is 0.410 e. The monoisotopic (exact) mass is 340 g/mol. The summed E-state index contributed by atoms with van der Waals surface area (Å²) in [6.07, 6.45) is 1.38. The molecule has 1 saturated heterocycles. The van der Waals surface area contributed by atoms with Crippen LogP contribution in [0.3, 0.4) is 0 Å². The van der Waals surface area contributed by atoms with E-state index < -0.39 is 4.92 Å². The fourth-order valence-corrected chi connectivity index (χ4v) is 3.07. The van der Waals surface area contributed by atoms with Crippen molar-refractivity contribution in [2.24, 2.45) is 0 Å². The van der Waals surface area contributed by atoms with Gasteiger partial charge in [-0.25, -0.2) is 4.79 Å². The topological polar surface area (TPSA) is 72.7 Å². The standard InChI is InChI=1S/C19H20N2O4/c22-19(25-14-15-4-2-1-3-5-15)20-12-10-17(11-13-20)16-6-8-18(9-7-16)21(23)24/h1-9,17H,10-14H2. The van der Waals surface area contributed by atoms with Gasteiger partial charge in [0.1, 0.15) is 6.61 Å². The molecule has 0 radical (unpaired) electrons. The lowest BCUT2D eigenvalue weighted by Crippen LogP contribution is -2.38. The Balaban J connectivity index is 1.49. The van der Waals surface area contributed by atoms with Crippen LogP contribution in [-0.4, -0.2) is 29.0 Å². The molecule has 6 heteroatoms. The Bertz CT molecular complexity index is 723. The molecule has 0 N–H and O–H groups in total. The SMILES string of the molecule is O=C(OCc1ccccc1)N1CCC(c2ccc([N+](=O)[O-])cc2)CC1. The van der Waals surface area contributed by atoms with Crippen LogP contribution in [0, 0.1) is 10.1 Å². The second kappa shape index (κ2) is 7.79. The second-order valence-electron chi connectivity index (χ2n) is 6.15. The average Bonchev–Trinajstić information content (AvgIpc) is 2.67. The van der Waals surface area contributed by atoms with Crippen molar-refractivity contribution in [1.82, 2.24) is 4.90 Å². The van der Waals surface area contributed by atoms with Gasteiger partial charge in [0.2, 0.25) is 0 Å². The van der Waals surface area contributed by atoms with Gasteiger partial charge in [-0.2, -0.15) is 0 Å². The number of carbonyl (C=O) groups excluding carboxylic acids is 1. The molecule has 25 heavy (non-hydrogen) atoms. The molecule has 1 fully saturated rings. The average molecular weight is 340 g/mol. The van der Waals surface area contributed by atoms with Crippen molar-refractivity contribution < 1.29 is 14.5 Å². The first kappa shape index (κ1) is 17.0. The summed E-state index contributed by atoms with van der Waals surface area (Å²) in [5.41, 5.74) is 2.16. The molecular formula is C19H20N2O4. The molecule has 1 heterocycles. The molecule has 0 atom stereocenters. The molecular weight excluding hydrogens is 320 g/mol. The number of hydrogen-bond acceptors (Lipinski definition) is 4. The number of nitro groups is 1. The Kier molecular flexibility index (Phi) is 5.28. The highest BCUT2D eigenvalue weighted by Gasteiger charge is 2.25. The summed E-state index contributed by atoms with van der Waals surface area (Å²) in [5, 5.41) is 10.7. The van der Waals surface area contributed by atoms with Gasteiger partial charge in [0.25, 0.3) is 5.69 Å². The molecule has 6 nitrogen and oxygen atoms in total. The van der Waals surface area contributed by atoms with Gasteiger partial charge in [0, 0.05) is 25.2 Å². The van der Waals surface area contributed by atoms with Gasteiger partial charge < -0.3 is 9.64 Å². The van der Waals surface area contributed by atoms with Crippen molar-refractivity contribution in [3.8, 4) is 0 Å². The molecule has 0 saturated carbocycles. The van der Waals surface area contributed by atoms with E-state index in [0.717, 1.165) is 24.0 Å². The molecule has 1 amide bonds. The third-order valence-corrected chi connectivity index (χ3v) is 4.53. The van der Waals surface area contributed by atoms with Crippen molar-refractivity contribution in [2.45, 2.75) is 25.4 Å². The van der Waals surface area contributed by atoms with E-state index in [2.05, 4.69) is 0 Å². The van der Waals surface area contributed by atoms with Gasteiger partial charge in [0.05, 0.1) is 4.92 Å². The molecule has 2 aromatic rings. The largest absolute Gasteiger partial charge is 0.445 e. The van der Waals surface area contributed by atoms with Gasteiger partial charge in [-0.3, -0.25) is 10.1 Å². The highest BCUT2D eigenvalue weighted by atomic mass is 16.6. The summed E-state index contributed by atoms with van der Waals surface area (Å²) in [6.45, 7) is 1.55. The molecule has 0 bridgehead atoms. The molecule has 2 aromatic carbocycles. The second-order valence-corrected chi connectivity index (χ2v) is 6.15. The summed E-state index contributed by atoms with van der Waals surface area (Å²) >= 11 is 0. The van der Waals surface area contributed by atoms with Crippen LogP contribution in [0.15, 0.2) is 54.6 Å². The number of amides is 1. The zero-order valence-corrected chi connectivity index (χ0v) is 13.8. The number of hydrogen-bond donors (Lipinski definition) is 0. The first-order chi connectivity index (χ1) is 12.1. The number of non-ortho nitro benzene ring substituents is 1. The maximum absolute atomic E-state index is 12.2. The fraction of sp³-hybridized carbons (Fsp3) is 0.316. The number of ether oxygens (including phenoxy) is 1. The van der Waals surface area contributed by atoms with E-state index in [1.807, 2.05) is 42.5 Å². The Hall–Kier alpha value is -2.89. The fourth-order valence-electron chi connectivity index (χ4n) is 3.07. The normalized spacial score (nSPS) is 15.0. The molecule has 0 unspecified atom stereocenters. The zero-order chi connectivity index (χ0) is 17.6.